The molecule has 15 heavy (non-hydrogen) atoms. The summed E-state index contributed by atoms with van der Waals surface area (Å²) in [4.78, 5) is 13.4. The molecule has 3 nitrogen and oxygen atoms in total. The van der Waals surface area contributed by atoms with Gasteiger partial charge in [0.15, 0.2) is 0 Å². The molecule has 0 aromatic heterocycles. The van der Waals surface area contributed by atoms with Gasteiger partial charge in [-0.15, -0.1) is 0 Å². The number of carbonyl (C=O) groups excluding carboxylic acids is 1. The van der Waals surface area contributed by atoms with Crippen molar-refractivity contribution in [3.05, 3.63) is 29.6 Å². The van der Waals surface area contributed by atoms with E-state index in [1.807, 2.05) is 0 Å². The second-order valence-corrected chi connectivity index (χ2v) is 4.06. The van der Waals surface area contributed by atoms with Crippen LogP contribution in [0.25, 0.3) is 0 Å². The molecule has 1 fully saturated rings. The number of benzene rings is 1. The SMILES string of the molecule is O=C1Nc2cccc(F)c2CN1C1CC1. The Morgan fingerprint density at radius 2 is 2.20 bits per heavy atom. The van der Waals surface area contributed by atoms with Gasteiger partial charge in [0.2, 0.25) is 0 Å². The average Bonchev–Trinajstić information content (AvgIpc) is 3.01. The Hall–Kier alpha value is -1.58. The van der Waals surface area contributed by atoms with E-state index in [4.69, 9.17) is 0 Å². The van der Waals surface area contributed by atoms with Gasteiger partial charge >= 0.3 is 6.03 Å². The van der Waals surface area contributed by atoms with E-state index in [1.54, 1.807) is 17.0 Å². The van der Waals surface area contributed by atoms with Gasteiger partial charge in [-0.05, 0) is 25.0 Å². The number of rotatable bonds is 1. The zero-order valence-electron chi connectivity index (χ0n) is 8.16. The predicted molar refractivity (Wildman–Crippen MR) is 54.0 cm³/mol. The first-order valence-corrected chi connectivity index (χ1v) is 5.11. The van der Waals surface area contributed by atoms with Crippen molar-refractivity contribution in [2.75, 3.05) is 5.32 Å². The normalized spacial score (nSPS) is 19.8. The van der Waals surface area contributed by atoms with Gasteiger partial charge in [0.1, 0.15) is 5.82 Å². The third-order valence-corrected chi connectivity index (χ3v) is 2.94. The lowest BCUT2D eigenvalue weighted by Gasteiger charge is -2.29. The van der Waals surface area contributed by atoms with Crippen LogP contribution >= 0.6 is 0 Å². The Bertz CT molecular complexity index is 429. The zero-order valence-corrected chi connectivity index (χ0v) is 8.16. The first-order valence-electron chi connectivity index (χ1n) is 5.11. The topological polar surface area (TPSA) is 32.3 Å². The molecule has 2 aliphatic rings. The number of halogens is 1. The lowest BCUT2D eigenvalue weighted by Crippen LogP contribution is -2.40. The molecule has 0 unspecified atom stereocenters. The highest BCUT2D eigenvalue weighted by molar-refractivity contribution is 5.92. The number of fused-ring (bicyclic) bond motifs is 1. The quantitative estimate of drug-likeness (QED) is 0.751. The Kier molecular flexibility index (Phi) is 1.71. The van der Waals surface area contributed by atoms with Crippen LogP contribution in [0, 0.1) is 5.82 Å². The average molecular weight is 206 g/mol. The third-order valence-electron chi connectivity index (χ3n) is 2.94. The molecule has 0 atom stereocenters. The van der Waals surface area contributed by atoms with Crippen molar-refractivity contribution in [1.29, 1.82) is 0 Å². The summed E-state index contributed by atoms with van der Waals surface area (Å²) in [5, 5.41) is 2.72. The van der Waals surface area contributed by atoms with Crippen molar-refractivity contribution in [3.8, 4) is 0 Å². The van der Waals surface area contributed by atoms with Crippen molar-refractivity contribution in [2.24, 2.45) is 0 Å². The third kappa shape index (κ3) is 1.37. The Morgan fingerprint density at radius 1 is 1.40 bits per heavy atom. The van der Waals surface area contributed by atoms with E-state index >= 15 is 0 Å². The molecule has 1 aliphatic carbocycles. The second-order valence-electron chi connectivity index (χ2n) is 4.06. The summed E-state index contributed by atoms with van der Waals surface area (Å²) in [6.07, 6.45) is 2.08. The van der Waals surface area contributed by atoms with Crippen molar-refractivity contribution in [2.45, 2.75) is 25.4 Å². The molecule has 0 saturated heterocycles. The fourth-order valence-corrected chi connectivity index (χ4v) is 1.95. The molecule has 1 aromatic rings. The summed E-state index contributed by atoms with van der Waals surface area (Å²) in [7, 11) is 0. The van der Waals surface area contributed by atoms with Crippen LogP contribution < -0.4 is 5.32 Å². The fraction of sp³-hybridized carbons (Fsp3) is 0.364. The Balaban J connectivity index is 1.99. The van der Waals surface area contributed by atoms with Crippen molar-refractivity contribution in [3.63, 3.8) is 0 Å². The lowest BCUT2D eigenvalue weighted by atomic mass is 10.1. The number of nitrogens with one attached hydrogen (secondary N) is 1. The zero-order chi connectivity index (χ0) is 10.4. The summed E-state index contributed by atoms with van der Waals surface area (Å²) in [5.41, 5.74) is 1.21. The highest BCUT2D eigenvalue weighted by Crippen LogP contribution is 2.33. The van der Waals surface area contributed by atoms with Gasteiger partial charge in [-0.1, -0.05) is 6.07 Å². The minimum Gasteiger partial charge on any atom is -0.317 e. The monoisotopic (exact) mass is 206 g/mol. The number of hydrogen-bond donors (Lipinski definition) is 1. The first-order chi connectivity index (χ1) is 7.25. The van der Waals surface area contributed by atoms with Crippen LogP contribution in [-0.4, -0.2) is 17.0 Å². The summed E-state index contributed by atoms with van der Waals surface area (Å²) in [6, 6.07) is 5.00. The van der Waals surface area contributed by atoms with Gasteiger partial charge < -0.3 is 10.2 Å². The van der Waals surface area contributed by atoms with Crippen LogP contribution in [0.1, 0.15) is 18.4 Å². The van der Waals surface area contributed by atoms with Crippen molar-refractivity contribution >= 4 is 11.7 Å². The number of hydrogen-bond acceptors (Lipinski definition) is 1. The molecule has 0 radical (unpaired) electrons. The standard InChI is InChI=1S/C11H11FN2O/c12-9-2-1-3-10-8(9)6-14(7-4-5-7)11(15)13-10/h1-3,7H,4-6H2,(H,13,15). The van der Waals surface area contributed by atoms with E-state index in [-0.39, 0.29) is 11.8 Å². The molecule has 3 rings (SSSR count). The summed E-state index contributed by atoms with van der Waals surface area (Å²) in [6.45, 7) is 0.401. The fourth-order valence-electron chi connectivity index (χ4n) is 1.95. The molecule has 2 amide bonds. The van der Waals surface area contributed by atoms with Crippen LogP contribution in [0.2, 0.25) is 0 Å². The maximum Gasteiger partial charge on any atom is 0.322 e. The van der Waals surface area contributed by atoms with Gasteiger partial charge in [-0.3, -0.25) is 0 Å². The lowest BCUT2D eigenvalue weighted by molar-refractivity contribution is 0.202. The van der Waals surface area contributed by atoms with Crippen LogP contribution in [0.15, 0.2) is 18.2 Å². The van der Waals surface area contributed by atoms with Crippen LogP contribution in [0.3, 0.4) is 0 Å². The summed E-state index contributed by atoms with van der Waals surface area (Å²) >= 11 is 0. The number of anilines is 1. The molecular formula is C11H11FN2O. The highest BCUT2D eigenvalue weighted by atomic mass is 19.1. The minimum absolute atomic E-state index is 0.101. The molecule has 78 valence electrons. The van der Waals surface area contributed by atoms with Gasteiger partial charge in [-0.2, -0.15) is 0 Å². The molecule has 0 spiro atoms. The molecular weight excluding hydrogens is 195 g/mol. The highest BCUT2D eigenvalue weighted by Gasteiger charge is 2.36. The molecule has 1 aromatic carbocycles. The van der Waals surface area contributed by atoms with Gasteiger partial charge in [-0.25, -0.2) is 9.18 Å². The number of carbonyl (C=O) groups is 1. The van der Waals surface area contributed by atoms with E-state index in [0.717, 1.165) is 12.8 Å². The minimum atomic E-state index is -0.238. The Labute approximate surface area is 86.9 Å². The maximum absolute atomic E-state index is 13.5. The van der Waals surface area contributed by atoms with E-state index in [2.05, 4.69) is 5.32 Å². The molecule has 1 heterocycles. The smallest absolute Gasteiger partial charge is 0.317 e. The van der Waals surface area contributed by atoms with E-state index in [9.17, 15) is 9.18 Å². The predicted octanol–water partition coefficient (Wildman–Crippen LogP) is 2.34. The first kappa shape index (κ1) is 8.71. The number of nitrogens with zero attached hydrogens (tertiary/aromatic N) is 1. The van der Waals surface area contributed by atoms with Gasteiger partial charge in [0, 0.05) is 11.6 Å². The molecule has 1 saturated carbocycles. The number of amides is 2. The maximum atomic E-state index is 13.5. The largest absolute Gasteiger partial charge is 0.322 e. The molecule has 0 bridgehead atoms. The van der Waals surface area contributed by atoms with Crippen molar-refractivity contribution < 1.29 is 9.18 Å². The molecule has 4 heteroatoms. The van der Waals surface area contributed by atoms with E-state index in [0.29, 0.717) is 23.8 Å². The summed E-state index contributed by atoms with van der Waals surface area (Å²) in [5.74, 6) is -0.238. The molecule has 1 N–H and O–H groups in total. The van der Waals surface area contributed by atoms with Gasteiger partial charge in [0.05, 0.1) is 12.2 Å². The van der Waals surface area contributed by atoms with E-state index in [1.165, 1.54) is 6.07 Å². The molecule has 1 aliphatic heterocycles. The summed E-state index contributed by atoms with van der Waals surface area (Å²) < 4.78 is 13.5. The van der Waals surface area contributed by atoms with Crippen LogP contribution in [0.4, 0.5) is 14.9 Å². The number of urea groups is 1. The van der Waals surface area contributed by atoms with Crippen molar-refractivity contribution in [1.82, 2.24) is 4.90 Å². The van der Waals surface area contributed by atoms with E-state index < -0.39 is 0 Å². The van der Waals surface area contributed by atoms with Crippen LogP contribution in [0.5, 0.6) is 0 Å². The second kappa shape index (κ2) is 2.95. The van der Waals surface area contributed by atoms with Crippen LogP contribution in [-0.2, 0) is 6.54 Å². The Morgan fingerprint density at radius 3 is 2.93 bits per heavy atom. The van der Waals surface area contributed by atoms with Gasteiger partial charge in [0.25, 0.3) is 0 Å².